The lowest BCUT2D eigenvalue weighted by molar-refractivity contribution is -0.141. The van der Waals surface area contributed by atoms with Crippen LogP contribution in [0.3, 0.4) is 0 Å². The van der Waals surface area contributed by atoms with E-state index in [0.29, 0.717) is 0 Å². The lowest BCUT2D eigenvalue weighted by atomic mass is 10.5. The number of hydrogen-bond donors (Lipinski definition) is 0. The molecule has 1 unspecified atom stereocenters. The summed E-state index contributed by atoms with van der Waals surface area (Å²) in [5, 5.41) is 0. The number of esters is 1. The van der Waals surface area contributed by atoms with E-state index in [0.717, 1.165) is 21.3 Å². The number of halogens is 1. The van der Waals surface area contributed by atoms with Crippen LogP contribution in [0.15, 0.2) is 0 Å². The van der Waals surface area contributed by atoms with Crippen LogP contribution in [-0.4, -0.2) is 31.9 Å². The van der Waals surface area contributed by atoms with Crippen molar-refractivity contribution >= 4 is 25.2 Å². The molecule has 7 heteroatoms. The van der Waals surface area contributed by atoms with E-state index >= 15 is 0 Å². The van der Waals surface area contributed by atoms with Gasteiger partial charge in [0.2, 0.25) is 4.62 Å². The van der Waals surface area contributed by atoms with Gasteiger partial charge < -0.3 is 13.8 Å². The van der Waals surface area contributed by atoms with E-state index in [2.05, 4.69) is 13.8 Å². The Balaban J connectivity index is 5.00. The molecule has 0 saturated heterocycles. The van der Waals surface area contributed by atoms with Gasteiger partial charge in [0.1, 0.15) is 0 Å². The Bertz CT molecular complexity index is 231. The first-order valence-corrected chi connectivity index (χ1v) is 5.26. The van der Waals surface area contributed by atoms with Gasteiger partial charge in [-0.05, 0) is 6.92 Å². The average Bonchev–Trinajstić information content (AvgIpc) is 2.14. The van der Waals surface area contributed by atoms with Gasteiger partial charge in [0, 0.05) is 14.2 Å². The largest absolute Gasteiger partial charge is 0.467 e. The maximum absolute atomic E-state index is 11.7. The van der Waals surface area contributed by atoms with Gasteiger partial charge in [-0.3, -0.25) is 4.57 Å². The number of carbonyl (C=O) groups excluding carboxylic acids is 1. The van der Waals surface area contributed by atoms with Crippen LogP contribution < -0.4 is 0 Å². The van der Waals surface area contributed by atoms with Gasteiger partial charge in [-0.15, -0.1) is 0 Å². The predicted octanol–water partition coefficient (Wildman–Crippen LogP) is 1.60. The fraction of sp³-hybridized carbons (Fsp3) is 0.833. The minimum Gasteiger partial charge on any atom is -0.467 e. The molecule has 78 valence electrons. The molecular formula is C6H12ClO5P. The summed E-state index contributed by atoms with van der Waals surface area (Å²) < 4.78 is 23.4. The second-order valence-electron chi connectivity index (χ2n) is 2.31. The van der Waals surface area contributed by atoms with Crippen molar-refractivity contribution in [3.05, 3.63) is 0 Å². The molecule has 0 heterocycles. The van der Waals surface area contributed by atoms with Crippen LogP contribution in [0, 0.1) is 0 Å². The molecule has 13 heavy (non-hydrogen) atoms. The van der Waals surface area contributed by atoms with Gasteiger partial charge in [-0.1, -0.05) is 11.6 Å². The highest BCUT2D eigenvalue weighted by Crippen LogP contribution is 2.61. The molecule has 0 fully saturated rings. The SMILES string of the molecule is COC(=O)C(C)(Cl)P(=O)(OC)OC. The van der Waals surface area contributed by atoms with Crippen molar-refractivity contribution < 1.29 is 23.1 Å². The van der Waals surface area contributed by atoms with Crippen LogP contribution in [0.5, 0.6) is 0 Å². The Morgan fingerprint density at radius 1 is 1.31 bits per heavy atom. The monoisotopic (exact) mass is 230 g/mol. The van der Waals surface area contributed by atoms with Gasteiger partial charge >= 0.3 is 13.6 Å². The highest BCUT2D eigenvalue weighted by molar-refractivity contribution is 7.59. The van der Waals surface area contributed by atoms with Crippen LogP contribution in [-0.2, 0) is 23.1 Å². The van der Waals surface area contributed by atoms with Crippen molar-refractivity contribution in [1.29, 1.82) is 0 Å². The number of methoxy groups -OCH3 is 1. The Hall–Kier alpha value is -0.0900. The zero-order valence-corrected chi connectivity index (χ0v) is 9.52. The lowest BCUT2D eigenvalue weighted by Gasteiger charge is -2.25. The molecule has 5 nitrogen and oxygen atoms in total. The van der Waals surface area contributed by atoms with E-state index in [1.807, 2.05) is 0 Å². The molecule has 0 radical (unpaired) electrons. The topological polar surface area (TPSA) is 61.8 Å². The van der Waals surface area contributed by atoms with Crippen molar-refractivity contribution in [1.82, 2.24) is 0 Å². The van der Waals surface area contributed by atoms with Crippen LogP contribution in [0.2, 0.25) is 0 Å². The maximum atomic E-state index is 11.7. The van der Waals surface area contributed by atoms with Gasteiger partial charge in [0.15, 0.2) is 0 Å². The van der Waals surface area contributed by atoms with Crippen molar-refractivity contribution in [3.8, 4) is 0 Å². The van der Waals surface area contributed by atoms with Crippen LogP contribution >= 0.6 is 19.2 Å². The summed E-state index contributed by atoms with van der Waals surface area (Å²) in [5.74, 6) is -0.860. The van der Waals surface area contributed by atoms with Crippen molar-refractivity contribution in [2.45, 2.75) is 11.5 Å². The first-order chi connectivity index (χ1) is 5.85. The van der Waals surface area contributed by atoms with Crippen molar-refractivity contribution in [2.24, 2.45) is 0 Å². The van der Waals surface area contributed by atoms with E-state index in [4.69, 9.17) is 11.6 Å². The first kappa shape index (κ1) is 12.9. The van der Waals surface area contributed by atoms with Gasteiger partial charge in [0.25, 0.3) is 0 Å². The lowest BCUT2D eigenvalue weighted by Crippen LogP contribution is -2.31. The second-order valence-corrected chi connectivity index (χ2v) is 5.95. The highest BCUT2D eigenvalue weighted by Gasteiger charge is 2.52. The fourth-order valence-electron chi connectivity index (χ4n) is 0.715. The molecule has 0 aliphatic rings. The molecule has 0 amide bonds. The summed E-state index contributed by atoms with van der Waals surface area (Å²) in [7, 11) is -0.235. The zero-order chi connectivity index (χ0) is 10.7. The average molecular weight is 231 g/mol. The minimum atomic E-state index is -3.67. The Kier molecular flexibility index (Phi) is 4.39. The van der Waals surface area contributed by atoms with Crippen molar-refractivity contribution in [3.63, 3.8) is 0 Å². The van der Waals surface area contributed by atoms with Gasteiger partial charge in [0.05, 0.1) is 7.11 Å². The number of alkyl halides is 1. The summed E-state index contributed by atoms with van der Waals surface area (Å²) in [6, 6.07) is 0. The Morgan fingerprint density at radius 2 is 1.69 bits per heavy atom. The van der Waals surface area contributed by atoms with Crippen LogP contribution in [0.25, 0.3) is 0 Å². The molecule has 0 aliphatic carbocycles. The molecule has 1 atom stereocenters. The summed E-state index contributed by atoms with van der Waals surface area (Å²) in [4.78, 5) is 11.1. The zero-order valence-electron chi connectivity index (χ0n) is 7.87. The number of rotatable bonds is 4. The standard InChI is InChI=1S/C6H12ClO5P/c1-6(7,5(8)10-2)13(9,11-3)12-4/h1-4H3. The third kappa shape index (κ3) is 2.23. The first-order valence-electron chi connectivity index (χ1n) is 3.34. The summed E-state index contributed by atoms with van der Waals surface area (Å²) in [5.41, 5.74) is 0. The number of carbonyl (C=O) groups is 1. The Labute approximate surface area is 81.8 Å². The van der Waals surface area contributed by atoms with E-state index in [1.165, 1.54) is 6.92 Å². The maximum Gasteiger partial charge on any atom is 0.362 e. The third-order valence-corrected chi connectivity index (χ3v) is 4.50. The predicted molar refractivity (Wildman–Crippen MR) is 47.9 cm³/mol. The van der Waals surface area contributed by atoms with E-state index in [-0.39, 0.29) is 0 Å². The molecule has 0 bridgehead atoms. The molecule has 0 spiro atoms. The molecule has 0 rings (SSSR count). The van der Waals surface area contributed by atoms with E-state index < -0.39 is 18.2 Å². The summed E-state index contributed by atoms with van der Waals surface area (Å²) in [6.07, 6.45) is 0. The van der Waals surface area contributed by atoms with Crippen LogP contribution in [0.1, 0.15) is 6.92 Å². The number of ether oxygens (including phenoxy) is 1. The van der Waals surface area contributed by atoms with E-state index in [1.54, 1.807) is 0 Å². The smallest absolute Gasteiger partial charge is 0.362 e. The normalized spacial score (nSPS) is 16.4. The quantitative estimate of drug-likeness (QED) is 0.417. The molecule has 0 aromatic rings. The summed E-state index contributed by atoms with van der Waals surface area (Å²) >= 11 is 5.71. The molecule has 0 aromatic heterocycles. The fourth-order valence-corrected chi connectivity index (χ4v) is 2.36. The molecule has 0 aliphatic heterocycles. The highest BCUT2D eigenvalue weighted by atomic mass is 35.5. The molecular weight excluding hydrogens is 218 g/mol. The van der Waals surface area contributed by atoms with Crippen molar-refractivity contribution in [2.75, 3.05) is 21.3 Å². The minimum absolute atomic E-state index is 0.860. The van der Waals surface area contributed by atoms with E-state index in [9.17, 15) is 9.36 Å². The molecule has 0 aromatic carbocycles. The Morgan fingerprint density at radius 3 is 1.92 bits per heavy atom. The third-order valence-electron chi connectivity index (χ3n) is 1.55. The van der Waals surface area contributed by atoms with Crippen LogP contribution in [0.4, 0.5) is 0 Å². The summed E-state index contributed by atoms with van der Waals surface area (Å²) in [6.45, 7) is 1.22. The number of hydrogen-bond acceptors (Lipinski definition) is 5. The molecule has 0 N–H and O–H groups in total. The van der Waals surface area contributed by atoms with Gasteiger partial charge in [-0.25, -0.2) is 4.79 Å². The van der Waals surface area contributed by atoms with Gasteiger partial charge in [-0.2, -0.15) is 0 Å². The second kappa shape index (κ2) is 4.42. The molecule has 0 saturated carbocycles.